The standard InChI is InChI=1S/C24H26N2O3S/c1-16-14-18(3)23(15-17(16)2)19(4)25-24(27)20-10-12-21(13-11-20)26-30(28,29)22-8-6-5-7-9-22/h5-15,19,26H,1-4H3,(H,25,27)/t19-/m1/s1. The van der Waals surface area contributed by atoms with E-state index in [0.717, 1.165) is 11.1 Å². The van der Waals surface area contributed by atoms with Crippen LogP contribution >= 0.6 is 0 Å². The molecule has 30 heavy (non-hydrogen) atoms. The Morgan fingerprint density at radius 3 is 2.07 bits per heavy atom. The van der Waals surface area contributed by atoms with Gasteiger partial charge in [0.25, 0.3) is 15.9 Å². The van der Waals surface area contributed by atoms with Crippen molar-refractivity contribution in [2.75, 3.05) is 4.72 Å². The Balaban J connectivity index is 1.70. The third-order valence-electron chi connectivity index (χ3n) is 5.15. The number of carbonyl (C=O) groups excluding carboxylic acids is 1. The number of benzene rings is 3. The van der Waals surface area contributed by atoms with E-state index in [4.69, 9.17) is 0 Å². The van der Waals surface area contributed by atoms with Crippen molar-refractivity contribution in [1.29, 1.82) is 0 Å². The summed E-state index contributed by atoms with van der Waals surface area (Å²) in [5.41, 5.74) is 5.49. The van der Waals surface area contributed by atoms with Gasteiger partial charge >= 0.3 is 0 Å². The molecule has 0 bridgehead atoms. The molecule has 0 radical (unpaired) electrons. The highest BCUT2D eigenvalue weighted by atomic mass is 32.2. The molecule has 0 aliphatic heterocycles. The Bertz CT molecular complexity index is 1160. The van der Waals surface area contributed by atoms with Gasteiger partial charge in [-0.2, -0.15) is 0 Å². The summed E-state index contributed by atoms with van der Waals surface area (Å²) in [5.74, 6) is -0.211. The molecule has 0 aliphatic rings. The minimum absolute atomic E-state index is 0.145. The van der Waals surface area contributed by atoms with Crippen LogP contribution in [0.15, 0.2) is 71.6 Å². The maximum atomic E-state index is 12.7. The van der Waals surface area contributed by atoms with Gasteiger partial charge in [-0.05, 0) is 86.3 Å². The summed E-state index contributed by atoms with van der Waals surface area (Å²) in [7, 11) is -3.66. The van der Waals surface area contributed by atoms with Gasteiger partial charge in [-0.1, -0.05) is 30.3 Å². The average Bonchev–Trinajstić information content (AvgIpc) is 2.71. The normalized spacial score (nSPS) is 12.3. The van der Waals surface area contributed by atoms with Gasteiger partial charge in [-0.15, -0.1) is 0 Å². The first kappa shape index (κ1) is 21.6. The van der Waals surface area contributed by atoms with Gasteiger partial charge in [-0.3, -0.25) is 9.52 Å². The molecule has 5 nitrogen and oxygen atoms in total. The molecule has 0 heterocycles. The van der Waals surface area contributed by atoms with Crippen molar-refractivity contribution in [2.24, 2.45) is 0 Å². The predicted molar refractivity (Wildman–Crippen MR) is 120 cm³/mol. The van der Waals surface area contributed by atoms with E-state index in [-0.39, 0.29) is 16.8 Å². The fourth-order valence-electron chi connectivity index (χ4n) is 3.31. The maximum absolute atomic E-state index is 12.7. The van der Waals surface area contributed by atoms with Crippen molar-refractivity contribution in [3.8, 4) is 0 Å². The van der Waals surface area contributed by atoms with Crippen LogP contribution in [0.2, 0.25) is 0 Å². The largest absolute Gasteiger partial charge is 0.346 e. The molecule has 3 rings (SSSR count). The Hall–Kier alpha value is -3.12. The second-order valence-electron chi connectivity index (χ2n) is 7.48. The number of amides is 1. The Kier molecular flexibility index (Phi) is 6.27. The van der Waals surface area contributed by atoms with E-state index in [1.807, 2.05) is 13.8 Å². The van der Waals surface area contributed by atoms with Crippen molar-refractivity contribution in [3.05, 3.63) is 94.5 Å². The number of hydrogen-bond donors (Lipinski definition) is 2. The number of hydrogen-bond acceptors (Lipinski definition) is 3. The quantitative estimate of drug-likeness (QED) is 0.593. The number of nitrogens with one attached hydrogen (secondary N) is 2. The molecular formula is C24H26N2O3S. The van der Waals surface area contributed by atoms with Crippen LogP contribution in [0.4, 0.5) is 5.69 Å². The number of sulfonamides is 1. The van der Waals surface area contributed by atoms with E-state index in [1.54, 1.807) is 42.5 Å². The predicted octanol–water partition coefficient (Wildman–Crippen LogP) is 4.90. The van der Waals surface area contributed by atoms with Crippen LogP contribution < -0.4 is 10.0 Å². The molecule has 2 N–H and O–H groups in total. The van der Waals surface area contributed by atoms with Crippen molar-refractivity contribution in [3.63, 3.8) is 0 Å². The summed E-state index contributed by atoms with van der Waals surface area (Å²) in [6.07, 6.45) is 0. The highest BCUT2D eigenvalue weighted by Gasteiger charge is 2.16. The Morgan fingerprint density at radius 2 is 1.43 bits per heavy atom. The van der Waals surface area contributed by atoms with Crippen LogP contribution in [-0.4, -0.2) is 14.3 Å². The lowest BCUT2D eigenvalue weighted by atomic mass is 9.96. The summed E-state index contributed by atoms with van der Waals surface area (Å²) in [6, 6.07) is 18.6. The van der Waals surface area contributed by atoms with Crippen molar-refractivity contribution < 1.29 is 13.2 Å². The van der Waals surface area contributed by atoms with E-state index in [9.17, 15) is 13.2 Å². The minimum Gasteiger partial charge on any atom is -0.346 e. The molecule has 3 aromatic rings. The highest BCUT2D eigenvalue weighted by molar-refractivity contribution is 7.92. The van der Waals surface area contributed by atoms with Gasteiger partial charge in [0.05, 0.1) is 10.9 Å². The first-order valence-corrected chi connectivity index (χ1v) is 11.2. The zero-order valence-electron chi connectivity index (χ0n) is 17.6. The van der Waals surface area contributed by atoms with Crippen LogP contribution in [0.5, 0.6) is 0 Å². The third-order valence-corrected chi connectivity index (χ3v) is 6.55. The summed E-state index contributed by atoms with van der Waals surface area (Å²) in [5, 5.41) is 3.02. The van der Waals surface area contributed by atoms with Crippen molar-refractivity contribution in [1.82, 2.24) is 5.32 Å². The van der Waals surface area contributed by atoms with Crippen LogP contribution in [0.25, 0.3) is 0 Å². The lowest BCUT2D eigenvalue weighted by Gasteiger charge is -2.18. The summed E-state index contributed by atoms with van der Waals surface area (Å²) in [6.45, 7) is 8.13. The lowest BCUT2D eigenvalue weighted by molar-refractivity contribution is 0.0940. The molecule has 0 aromatic heterocycles. The van der Waals surface area contributed by atoms with E-state index >= 15 is 0 Å². The van der Waals surface area contributed by atoms with Crippen LogP contribution in [0.1, 0.15) is 45.6 Å². The number of aryl methyl sites for hydroxylation is 3. The number of rotatable bonds is 6. The van der Waals surface area contributed by atoms with Gasteiger partial charge in [0.1, 0.15) is 0 Å². The van der Waals surface area contributed by atoms with Gasteiger partial charge in [0.2, 0.25) is 0 Å². The number of anilines is 1. The van der Waals surface area contributed by atoms with E-state index in [2.05, 4.69) is 36.0 Å². The molecule has 0 fully saturated rings. The lowest BCUT2D eigenvalue weighted by Crippen LogP contribution is -2.27. The average molecular weight is 423 g/mol. The van der Waals surface area contributed by atoms with Gasteiger partial charge in [-0.25, -0.2) is 8.42 Å². The van der Waals surface area contributed by atoms with Crippen LogP contribution in [0.3, 0.4) is 0 Å². The monoisotopic (exact) mass is 422 g/mol. The van der Waals surface area contributed by atoms with Crippen LogP contribution in [0, 0.1) is 20.8 Å². The van der Waals surface area contributed by atoms with Crippen molar-refractivity contribution >= 4 is 21.6 Å². The smallest absolute Gasteiger partial charge is 0.261 e. The molecule has 0 saturated heterocycles. The van der Waals surface area contributed by atoms with Gasteiger partial charge in [0, 0.05) is 11.3 Å². The highest BCUT2D eigenvalue weighted by Crippen LogP contribution is 2.22. The zero-order chi connectivity index (χ0) is 21.9. The molecule has 0 aliphatic carbocycles. The van der Waals surface area contributed by atoms with Gasteiger partial charge < -0.3 is 5.32 Å². The molecule has 0 spiro atoms. The van der Waals surface area contributed by atoms with Crippen LogP contribution in [-0.2, 0) is 10.0 Å². The molecule has 3 aromatic carbocycles. The second-order valence-corrected chi connectivity index (χ2v) is 9.17. The minimum atomic E-state index is -3.66. The fourth-order valence-corrected chi connectivity index (χ4v) is 4.39. The van der Waals surface area contributed by atoms with Gasteiger partial charge in [0.15, 0.2) is 0 Å². The first-order chi connectivity index (χ1) is 14.2. The SMILES string of the molecule is Cc1cc(C)c([C@@H](C)NC(=O)c2ccc(NS(=O)(=O)c3ccccc3)cc2)cc1C. The second kappa shape index (κ2) is 8.71. The molecule has 156 valence electrons. The molecule has 0 unspecified atom stereocenters. The molecule has 6 heteroatoms. The van der Waals surface area contributed by atoms with E-state index in [0.29, 0.717) is 11.3 Å². The summed E-state index contributed by atoms with van der Waals surface area (Å²) >= 11 is 0. The topological polar surface area (TPSA) is 75.3 Å². The molecule has 0 saturated carbocycles. The zero-order valence-corrected chi connectivity index (χ0v) is 18.4. The van der Waals surface area contributed by atoms with Crippen molar-refractivity contribution in [2.45, 2.75) is 38.6 Å². The summed E-state index contributed by atoms with van der Waals surface area (Å²) < 4.78 is 27.4. The fraction of sp³-hybridized carbons (Fsp3) is 0.208. The molecule has 1 atom stereocenters. The molecule has 1 amide bonds. The van der Waals surface area contributed by atoms with E-state index < -0.39 is 10.0 Å². The molecular weight excluding hydrogens is 396 g/mol. The Morgan fingerprint density at radius 1 is 0.833 bits per heavy atom. The maximum Gasteiger partial charge on any atom is 0.261 e. The first-order valence-electron chi connectivity index (χ1n) is 9.74. The number of carbonyl (C=O) groups is 1. The third kappa shape index (κ3) is 4.89. The summed E-state index contributed by atoms with van der Waals surface area (Å²) in [4.78, 5) is 12.8. The van der Waals surface area contributed by atoms with E-state index in [1.165, 1.54) is 23.3 Å². The Labute approximate surface area is 178 Å².